The minimum absolute atomic E-state index is 0.0356. The first-order valence-electron chi connectivity index (χ1n) is 8.32. The van der Waals surface area contributed by atoms with E-state index in [9.17, 15) is 22.8 Å². The van der Waals surface area contributed by atoms with Crippen LogP contribution in [0.3, 0.4) is 0 Å². The van der Waals surface area contributed by atoms with Gasteiger partial charge in [-0.2, -0.15) is 13.2 Å². The van der Waals surface area contributed by atoms with Crippen LogP contribution in [0.5, 0.6) is 0 Å². The summed E-state index contributed by atoms with van der Waals surface area (Å²) < 4.78 is 45.1. The second-order valence-corrected chi connectivity index (χ2v) is 7.15. The molecule has 150 valence electrons. The molecule has 1 aliphatic heterocycles. The minimum Gasteiger partial charge on any atom is -0.465 e. The number of anilines is 1. The lowest BCUT2D eigenvalue weighted by atomic mass is 10.0. The van der Waals surface area contributed by atoms with E-state index in [0.29, 0.717) is 10.0 Å². The van der Waals surface area contributed by atoms with Crippen LogP contribution in [0.2, 0.25) is 0 Å². The molecule has 0 spiro atoms. The van der Waals surface area contributed by atoms with E-state index in [0.717, 1.165) is 9.80 Å². The van der Waals surface area contributed by atoms with Crippen LogP contribution in [0.1, 0.15) is 29.3 Å². The number of rotatable bonds is 5. The summed E-state index contributed by atoms with van der Waals surface area (Å²) in [6.07, 6.45) is -5.39. The van der Waals surface area contributed by atoms with E-state index in [1.54, 1.807) is 13.8 Å². The van der Waals surface area contributed by atoms with Gasteiger partial charge in [0.1, 0.15) is 6.54 Å². The van der Waals surface area contributed by atoms with Crippen molar-refractivity contribution in [3.05, 3.63) is 27.7 Å². The molecule has 0 aromatic heterocycles. The minimum atomic E-state index is -4.49. The molecule has 1 unspecified atom stereocenters. The summed E-state index contributed by atoms with van der Waals surface area (Å²) in [7, 11) is 0. The molecule has 10 heteroatoms. The highest BCUT2D eigenvalue weighted by Crippen LogP contribution is 2.34. The standard InChI is InChI=1S/C17H20BrF3N2O4/c1-3-27-15(24)13-6-11(18)7-14(10(13)2)23(9-17(19,20)21)12-4-5-22(8-12)16(25)26/h6-7,12H,3-5,8-9H2,1-2H3,(H,25,26). The number of carbonyl (C=O) groups excluding carboxylic acids is 1. The average molecular weight is 453 g/mol. The number of alkyl halides is 3. The lowest BCUT2D eigenvalue weighted by Crippen LogP contribution is -2.44. The lowest BCUT2D eigenvalue weighted by Gasteiger charge is -2.33. The Balaban J connectivity index is 2.46. The number of benzene rings is 1. The number of ether oxygens (including phenoxy) is 1. The van der Waals surface area contributed by atoms with Crippen LogP contribution in [-0.2, 0) is 4.74 Å². The lowest BCUT2D eigenvalue weighted by molar-refractivity contribution is -0.120. The van der Waals surface area contributed by atoms with Crippen LogP contribution in [0.25, 0.3) is 0 Å². The average Bonchev–Trinajstić information content (AvgIpc) is 3.04. The van der Waals surface area contributed by atoms with Crippen molar-refractivity contribution < 1.29 is 32.6 Å². The van der Waals surface area contributed by atoms with Crippen molar-refractivity contribution in [2.45, 2.75) is 32.5 Å². The molecule has 1 amide bonds. The second-order valence-electron chi connectivity index (χ2n) is 6.23. The van der Waals surface area contributed by atoms with Gasteiger partial charge in [0.05, 0.1) is 12.2 Å². The van der Waals surface area contributed by atoms with E-state index in [2.05, 4.69) is 15.9 Å². The maximum absolute atomic E-state index is 13.2. The van der Waals surface area contributed by atoms with Gasteiger partial charge < -0.3 is 19.6 Å². The number of carbonyl (C=O) groups is 2. The molecule has 0 saturated carbocycles. The number of hydrogen-bond donors (Lipinski definition) is 1. The third kappa shape index (κ3) is 5.27. The number of esters is 1. The predicted octanol–water partition coefficient (Wildman–Crippen LogP) is 4.06. The van der Waals surface area contributed by atoms with Crippen LogP contribution in [0.15, 0.2) is 16.6 Å². The molecule has 1 aromatic rings. The number of carboxylic acid groups (broad SMARTS) is 1. The first-order chi connectivity index (χ1) is 12.5. The van der Waals surface area contributed by atoms with Crippen molar-refractivity contribution in [3.8, 4) is 0 Å². The van der Waals surface area contributed by atoms with Crippen LogP contribution in [-0.4, -0.2) is 60.5 Å². The van der Waals surface area contributed by atoms with Gasteiger partial charge >= 0.3 is 18.2 Å². The molecule has 27 heavy (non-hydrogen) atoms. The fourth-order valence-corrected chi connectivity index (χ4v) is 3.60. The molecular formula is C17H20BrF3N2O4. The van der Waals surface area contributed by atoms with Gasteiger partial charge in [-0.25, -0.2) is 9.59 Å². The van der Waals surface area contributed by atoms with Crippen LogP contribution >= 0.6 is 15.9 Å². The summed E-state index contributed by atoms with van der Waals surface area (Å²) in [5.74, 6) is -0.622. The summed E-state index contributed by atoms with van der Waals surface area (Å²) >= 11 is 3.24. The zero-order valence-corrected chi connectivity index (χ0v) is 16.4. The van der Waals surface area contributed by atoms with Gasteiger partial charge in [-0.1, -0.05) is 15.9 Å². The van der Waals surface area contributed by atoms with Gasteiger partial charge in [0.2, 0.25) is 0 Å². The molecule has 6 nitrogen and oxygen atoms in total. The molecule has 1 saturated heterocycles. The number of likely N-dealkylation sites (tertiary alicyclic amines) is 1. The Morgan fingerprint density at radius 1 is 1.41 bits per heavy atom. The van der Waals surface area contributed by atoms with Crippen LogP contribution in [0, 0.1) is 6.92 Å². The fraction of sp³-hybridized carbons (Fsp3) is 0.529. The Hall–Kier alpha value is -1.97. The smallest absolute Gasteiger partial charge is 0.407 e. The number of amides is 1. The Morgan fingerprint density at radius 3 is 2.59 bits per heavy atom. The molecule has 1 N–H and O–H groups in total. The Bertz CT molecular complexity index is 727. The number of nitrogens with zero attached hydrogens (tertiary/aromatic N) is 2. The van der Waals surface area contributed by atoms with E-state index in [1.165, 1.54) is 12.1 Å². The summed E-state index contributed by atoms with van der Waals surface area (Å²) in [4.78, 5) is 25.5. The van der Waals surface area contributed by atoms with E-state index >= 15 is 0 Å². The zero-order chi connectivity index (χ0) is 20.4. The van der Waals surface area contributed by atoms with Crippen molar-refractivity contribution in [2.75, 3.05) is 31.1 Å². The highest BCUT2D eigenvalue weighted by Gasteiger charge is 2.38. The molecule has 0 aliphatic carbocycles. The monoisotopic (exact) mass is 452 g/mol. The summed E-state index contributed by atoms with van der Waals surface area (Å²) in [5, 5.41) is 9.11. The highest BCUT2D eigenvalue weighted by atomic mass is 79.9. The molecule has 0 radical (unpaired) electrons. The molecule has 1 fully saturated rings. The molecule has 1 aliphatic rings. The Labute approximate surface area is 163 Å². The molecular weight excluding hydrogens is 433 g/mol. The van der Waals surface area contributed by atoms with Gasteiger partial charge in [-0.05, 0) is 38.0 Å². The van der Waals surface area contributed by atoms with Crippen LogP contribution < -0.4 is 4.90 Å². The van der Waals surface area contributed by atoms with E-state index in [1.807, 2.05) is 0 Å². The highest BCUT2D eigenvalue weighted by molar-refractivity contribution is 9.10. The van der Waals surface area contributed by atoms with Gasteiger partial charge in [-0.3, -0.25) is 0 Å². The van der Waals surface area contributed by atoms with Crippen molar-refractivity contribution in [3.63, 3.8) is 0 Å². The van der Waals surface area contributed by atoms with Crippen molar-refractivity contribution in [1.82, 2.24) is 4.90 Å². The molecule has 1 aromatic carbocycles. The quantitative estimate of drug-likeness (QED) is 0.682. The first-order valence-corrected chi connectivity index (χ1v) is 9.11. The third-order valence-electron chi connectivity index (χ3n) is 4.37. The zero-order valence-electron chi connectivity index (χ0n) is 14.8. The van der Waals surface area contributed by atoms with Crippen molar-refractivity contribution >= 4 is 33.7 Å². The van der Waals surface area contributed by atoms with Crippen molar-refractivity contribution in [1.29, 1.82) is 0 Å². The summed E-state index contributed by atoms with van der Waals surface area (Å²) in [5.41, 5.74) is 0.748. The predicted molar refractivity (Wildman–Crippen MR) is 96.2 cm³/mol. The normalized spacial score (nSPS) is 17.1. The van der Waals surface area contributed by atoms with Gasteiger partial charge in [0.15, 0.2) is 0 Å². The first kappa shape index (κ1) is 21.3. The second kappa shape index (κ2) is 8.37. The molecule has 0 bridgehead atoms. The van der Waals surface area contributed by atoms with Crippen molar-refractivity contribution in [2.24, 2.45) is 0 Å². The Morgan fingerprint density at radius 2 is 2.07 bits per heavy atom. The third-order valence-corrected chi connectivity index (χ3v) is 4.83. The van der Waals surface area contributed by atoms with E-state index in [4.69, 9.17) is 9.84 Å². The van der Waals surface area contributed by atoms with E-state index < -0.39 is 30.8 Å². The molecule has 1 atom stereocenters. The number of halogens is 4. The fourth-order valence-electron chi connectivity index (χ4n) is 3.16. The van der Waals surface area contributed by atoms with Gasteiger partial charge in [0.25, 0.3) is 0 Å². The topological polar surface area (TPSA) is 70.1 Å². The van der Waals surface area contributed by atoms with Crippen LogP contribution in [0.4, 0.5) is 23.7 Å². The van der Waals surface area contributed by atoms with Gasteiger partial charge in [-0.15, -0.1) is 0 Å². The number of hydrogen-bond acceptors (Lipinski definition) is 4. The van der Waals surface area contributed by atoms with E-state index in [-0.39, 0.29) is 37.4 Å². The molecule has 1 heterocycles. The SMILES string of the molecule is CCOC(=O)c1cc(Br)cc(N(CC(F)(F)F)C2CCN(C(=O)O)C2)c1C. The maximum atomic E-state index is 13.2. The summed E-state index contributed by atoms with van der Waals surface area (Å²) in [6.45, 7) is 2.22. The maximum Gasteiger partial charge on any atom is 0.407 e. The Kier molecular flexibility index (Phi) is 6.61. The summed E-state index contributed by atoms with van der Waals surface area (Å²) in [6, 6.07) is 2.36. The van der Waals surface area contributed by atoms with Gasteiger partial charge in [0, 0.05) is 29.3 Å². The molecule has 2 rings (SSSR count). The largest absolute Gasteiger partial charge is 0.465 e.